The number of ether oxygens (including phenoxy) is 2. The summed E-state index contributed by atoms with van der Waals surface area (Å²) in [6.07, 6.45) is 1.39. The summed E-state index contributed by atoms with van der Waals surface area (Å²) in [6, 6.07) is 6.30. The van der Waals surface area contributed by atoms with Gasteiger partial charge in [-0.25, -0.2) is 23.1 Å². The number of hydrogen-bond acceptors (Lipinski definition) is 6. The van der Waals surface area contributed by atoms with Gasteiger partial charge in [-0.2, -0.15) is 0 Å². The van der Waals surface area contributed by atoms with E-state index in [0.29, 0.717) is 11.4 Å². The topological polar surface area (TPSA) is 90.4 Å². The van der Waals surface area contributed by atoms with Crippen molar-refractivity contribution in [3.8, 4) is 11.5 Å². The third-order valence-corrected chi connectivity index (χ3v) is 4.39. The highest BCUT2D eigenvalue weighted by atomic mass is 32.2. The van der Waals surface area contributed by atoms with Crippen molar-refractivity contribution in [3.05, 3.63) is 42.0 Å². The van der Waals surface area contributed by atoms with Gasteiger partial charge in [-0.1, -0.05) is 0 Å². The average molecular weight is 323 g/mol. The molecule has 0 bridgehead atoms. The molecule has 1 aromatic carbocycles. The third kappa shape index (κ3) is 3.71. The molecule has 0 radical (unpaired) electrons. The Morgan fingerprint density at radius 3 is 2.55 bits per heavy atom. The van der Waals surface area contributed by atoms with Gasteiger partial charge in [-0.05, 0) is 25.1 Å². The molecule has 118 valence electrons. The normalized spacial score (nSPS) is 11.2. The molecule has 0 atom stereocenters. The van der Waals surface area contributed by atoms with E-state index in [9.17, 15) is 8.42 Å². The van der Waals surface area contributed by atoms with Crippen molar-refractivity contribution in [2.24, 2.45) is 0 Å². The Hall–Kier alpha value is -2.19. The first-order chi connectivity index (χ1) is 10.5. The minimum absolute atomic E-state index is 0.0140. The molecule has 0 spiro atoms. The van der Waals surface area contributed by atoms with Crippen LogP contribution in [0, 0.1) is 6.92 Å². The Balaban J connectivity index is 2.26. The lowest BCUT2D eigenvalue weighted by Gasteiger charge is -2.12. The maximum absolute atomic E-state index is 12.4. The second-order valence-corrected chi connectivity index (χ2v) is 6.23. The van der Waals surface area contributed by atoms with Gasteiger partial charge in [0.1, 0.15) is 22.7 Å². The summed E-state index contributed by atoms with van der Waals surface area (Å²) < 4.78 is 37.5. The third-order valence-electron chi connectivity index (χ3n) is 2.96. The fourth-order valence-electron chi connectivity index (χ4n) is 1.85. The number of benzene rings is 1. The summed E-state index contributed by atoms with van der Waals surface area (Å²) in [6.45, 7) is 1.87. The van der Waals surface area contributed by atoms with Crippen LogP contribution in [0.4, 0.5) is 0 Å². The van der Waals surface area contributed by atoms with Crippen LogP contribution in [0.2, 0.25) is 0 Å². The summed E-state index contributed by atoms with van der Waals surface area (Å²) in [7, 11) is -0.883. The molecule has 1 heterocycles. The van der Waals surface area contributed by atoms with Crippen LogP contribution in [0.1, 0.15) is 11.4 Å². The van der Waals surface area contributed by atoms with Crippen molar-refractivity contribution in [1.82, 2.24) is 14.7 Å². The molecule has 7 nitrogen and oxygen atoms in total. The average Bonchev–Trinajstić information content (AvgIpc) is 2.52. The first kappa shape index (κ1) is 16.2. The number of aryl methyl sites for hydroxylation is 1. The smallest absolute Gasteiger partial charge is 0.244 e. The van der Waals surface area contributed by atoms with Gasteiger partial charge >= 0.3 is 0 Å². The zero-order valence-electron chi connectivity index (χ0n) is 12.5. The van der Waals surface area contributed by atoms with Crippen LogP contribution in [0.15, 0.2) is 35.5 Å². The number of hydrogen-bond donors (Lipinski definition) is 1. The van der Waals surface area contributed by atoms with Crippen molar-refractivity contribution < 1.29 is 17.9 Å². The van der Waals surface area contributed by atoms with E-state index in [1.165, 1.54) is 26.6 Å². The molecule has 0 amide bonds. The predicted octanol–water partition coefficient (Wildman–Crippen LogP) is 1.28. The molecule has 0 saturated heterocycles. The summed E-state index contributed by atoms with van der Waals surface area (Å²) in [5.74, 6) is 0.672. The summed E-state index contributed by atoms with van der Waals surface area (Å²) in [5.41, 5.74) is 1.35. The summed E-state index contributed by atoms with van der Waals surface area (Å²) in [5, 5.41) is 0. The van der Waals surface area contributed by atoms with E-state index in [-0.39, 0.29) is 17.2 Å². The van der Waals surface area contributed by atoms with E-state index in [4.69, 9.17) is 9.47 Å². The fourth-order valence-corrected chi connectivity index (χ4v) is 3.03. The van der Waals surface area contributed by atoms with Gasteiger partial charge in [0.2, 0.25) is 10.0 Å². The van der Waals surface area contributed by atoms with E-state index < -0.39 is 10.0 Å². The summed E-state index contributed by atoms with van der Waals surface area (Å²) >= 11 is 0. The highest BCUT2D eigenvalue weighted by Crippen LogP contribution is 2.28. The van der Waals surface area contributed by atoms with Crippen molar-refractivity contribution in [2.75, 3.05) is 14.2 Å². The van der Waals surface area contributed by atoms with Crippen molar-refractivity contribution in [2.45, 2.75) is 18.4 Å². The highest BCUT2D eigenvalue weighted by molar-refractivity contribution is 7.89. The number of methoxy groups -OCH3 is 2. The minimum Gasteiger partial charge on any atom is -0.497 e. The molecule has 8 heteroatoms. The molecule has 0 unspecified atom stereocenters. The van der Waals surface area contributed by atoms with Crippen LogP contribution in [0.3, 0.4) is 0 Å². The minimum atomic E-state index is -3.76. The largest absolute Gasteiger partial charge is 0.497 e. The molecule has 0 aliphatic rings. The summed E-state index contributed by atoms with van der Waals surface area (Å²) in [4.78, 5) is 8.00. The van der Waals surface area contributed by atoms with Gasteiger partial charge < -0.3 is 9.47 Å². The second-order valence-electron chi connectivity index (χ2n) is 4.49. The van der Waals surface area contributed by atoms with Crippen molar-refractivity contribution in [3.63, 3.8) is 0 Å². The van der Waals surface area contributed by atoms with Crippen LogP contribution in [0.25, 0.3) is 0 Å². The lowest BCUT2D eigenvalue weighted by Crippen LogP contribution is -2.24. The number of nitrogens with zero attached hydrogens (tertiary/aromatic N) is 2. The first-order valence-electron chi connectivity index (χ1n) is 6.45. The molecule has 2 rings (SSSR count). The zero-order chi connectivity index (χ0) is 16.2. The Morgan fingerprint density at radius 1 is 1.14 bits per heavy atom. The van der Waals surface area contributed by atoms with Crippen molar-refractivity contribution in [1.29, 1.82) is 0 Å². The van der Waals surface area contributed by atoms with Gasteiger partial charge in [-0.15, -0.1) is 0 Å². The van der Waals surface area contributed by atoms with Gasteiger partial charge in [-0.3, -0.25) is 0 Å². The maximum atomic E-state index is 12.4. The molecule has 0 fully saturated rings. The Labute approximate surface area is 129 Å². The molecule has 0 aliphatic heterocycles. The van der Waals surface area contributed by atoms with Crippen LogP contribution < -0.4 is 14.2 Å². The molecule has 1 N–H and O–H groups in total. The molecular weight excluding hydrogens is 306 g/mol. The van der Waals surface area contributed by atoms with Gasteiger partial charge in [0, 0.05) is 11.8 Å². The standard InChI is InChI=1S/C14H17N3O4S/c1-10-6-11(16-9-15-10)8-17-22(18,19)14-7-12(20-2)4-5-13(14)21-3/h4-7,9,17H,8H2,1-3H3. The van der Waals surface area contributed by atoms with Crippen LogP contribution >= 0.6 is 0 Å². The predicted molar refractivity (Wildman–Crippen MR) is 80.3 cm³/mol. The zero-order valence-corrected chi connectivity index (χ0v) is 13.3. The van der Waals surface area contributed by atoms with E-state index >= 15 is 0 Å². The van der Waals surface area contributed by atoms with Crippen LogP contribution in [0.5, 0.6) is 11.5 Å². The SMILES string of the molecule is COc1ccc(OC)c(S(=O)(=O)NCc2cc(C)ncn2)c1. The van der Waals surface area contributed by atoms with Gasteiger partial charge in [0.05, 0.1) is 26.5 Å². The number of rotatable bonds is 6. The van der Waals surface area contributed by atoms with Crippen LogP contribution in [-0.2, 0) is 16.6 Å². The molecular formula is C14H17N3O4S. The molecule has 0 aliphatic carbocycles. The fraction of sp³-hybridized carbons (Fsp3) is 0.286. The van der Waals surface area contributed by atoms with Crippen molar-refractivity contribution >= 4 is 10.0 Å². The van der Waals surface area contributed by atoms with Gasteiger partial charge in [0.25, 0.3) is 0 Å². The number of aromatic nitrogens is 2. The van der Waals surface area contributed by atoms with E-state index in [1.807, 2.05) is 6.92 Å². The Kier molecular flexibility index (Phi) is 4.94. The maximum Gasteiger partial charge on any atom is 0.244 e. The Bertz CT molecular complexity index is 762. The second kappa shape index (κ2) is 6.71. The highest BCUT2D eigenvalue weighted by Gasteiger charge is 2.20. The van der Waals surface area contributed by atoms with E-state index in [1.54, 1.807) is 18.2 Å². The first-order valence-corrected chi connectivity index (χ1v) is 7.94. The number of nitrogens with one attached hydrogen (secondary N) is 1. The lowest BCUT2D eigenvalue weighted by atomic mass is 10.3. The molecule has 22 heavy (non-hydrogen) atoms. The number of sulfonamides is 1. The lowest BCUT2D eigenvalue weighted by molar-refractivity contribution is 0.392. The van der Waals surface area contributed by atoms with E-state index in [2.05, 4.69) is 14.7 Å². The Morgan fingerprint density at radius 2 is 1.91 bits per heavy atom. The molecule has 0 saturated carbocycles. The van der Waals surface area contributed by atoms with E-state index in [0.717, 1.165) is 5.69 Å². The molecule has 1 aromatic heterocycles. The monoisotopic (exact) mass is 323 g/mol. The molecule has 2 aromatic rings. The van der Waals surface area contributed by atoms with Crippen LogP contribution in [-0.4, -0.2) is 32.6 Å². The van der Waals surface area contributed by atoms with Gasteiger partial charge in [0.15, 0.2) is 0 Å². The quantitative estimate of drug-likeness (QED) is 0.861.